The van der Waals surface area contributed by atoms with Gasteiger partial charge in [0.2, 0.25) is 0 Å². The molecule has 7 heteroatoms. The van der Waals surface area contributed by atoms with E-state index in [1.165, 1.54) is 0 Å². The predicted octanol–water partition coefficient (Wildman–Crippen LogP) is -4.56. The topological polar surface area (TPSA) is 80.6 Å². The molecule has 0 radical (unpaired) electrons. The van der Waals surface area contributed by atoms with Crippen LogP contribution < -0.4 is 34.5 Å². The maximum absolute atomic E-state index is 8.77. The van der Waals surface area contributed by atoms with E-state index in [1.807, 2.05) is 0 Å². The van der Waals surface area contributed by atoms with Gasteiger partial charge in [0.1, 0.15) is 0 Å². The second kappa shape index (κ2) is 5.59. The molecule has 0 spiro atoms. The average molecular weight is 152 g/mol. The molecule has 0 aliphatic heterocycles. The van der Waals surface area contributed by atoms with Crippen molar-refractivity contribution in [3.8, 4) is 0 Å². The van der Waals surface area contributed by atoms with Crippen molar-refractivity contribution in [1.82, 2.24) is 0 Å². The van der Waals surface area contributed by atoms with E-state index in [2.05, 4.69) is 0 Å². The van der Waals surface area contributed by atoms with E-state index in [9.17, 15) is 0 Å². The van der Waals surface area contributed by atoms with Crippen LogP contribution in [0.2, 0.25) is 0 Å². The maximum atomic E-state index is 8.77. The van der Waals surface area contributed by atoms with Crippen molar-refractivity contribution in [1.29, 1.82) is 0 Å². The summed E-state index contributed by atoms with van der Waals surface area (Å²) in [6.45, 7) is 0. The molecule has 4 nitrogen and oxygen atoms in total. The number of phosphoric acid groups is 1. The van der Waals surface area contributed by atoms with Crippen LogP contribution in [0.1, 0.15) is 0 Å². The number of hydrogen-bond donors (Lipinski definition) is 2. The van der Waals surface area contributed by atoms with E-state index in [0.29, 0.717) is 0 Å². The van der Waals surface area contributed by atoms with Crippen LogP contribution in [0.15, 0.2) is 0 Å². The smallest absolute Gasteiger partial charge is 1.00 e. The molecular weight excluding hydrogens is 150 g/mol. The number of hydrogen-bond acceptors (Lipinski definition) is 2. The third-order valence-electron chi connectivity index (χ3n) is 0. The minimum atomic E-state index is -4.89. The molecule has 0 amide bonds. The Balaban J connectivity index is -0.0000000800. The zero-order valence-electron chi connectivity index (χ0n) is 3.57. The Morgan fingerprint density at radius 1 is 1.43 bits per heavy atom. The standard InChI is InChI=1S/Na.H3O4P.S/c;1-5(2,3)4;/h;(H3,1,2,3,4);/q+1;;-2/p-1. The van der Waals surface area contributed by atoms with Gasteiger partial charge in [0.25, 0.3) is 7.82 Å². The normalized spacial score (nSPS) is 8.43. The van der Waals surface area contributed by atoms with Gasteiger partial charge in [-0.25, -0.2) is 0 Å². The summed E-state index contributed by atoms with van der Waals surface area (Å²) >= 11 is 0. The molecule has 0 aromatic heterocycles. The molecule has 0 aliphatic carbocycles. The molecule has 0 saturated carbocycles. The van der Waals surface area contributed by atoms with E-state index in [1.54, 1.807) is 0 Å². The Kier molecular flexibility index (Phi) is 12.6. The molecule has 0 atom stereocenters. The maximum Gasteiger partial charge on any atom is 1.00 e. The summed E-state index contributed by atoms with van der Waals surface area (Å²) in [6, 6.07) is 0. The van der Waals surface area contributed by atoms with Gasteiger partial charge in [-0.2, -0.15) is 0 Å². The van der Waals surface area contributed by atoms with Crippen molar-refractivity contribution in [2.24, 2.45) is 0 Å². The summed E-state index contributed by atoms with van der Waals surface area (Å²) < 4.78 is 8.77. The molecule has 0 fully saturated rings. The van der Waals surface area contributed by atoms with Crippen molar-refractivity contribution >= 4 is 21.3 Å². The van der Waals surface area contributed by atoms with Crippen molar-refractivity contribution in [2.45, 2.75) is 0 Å². The van der Waals surface area contributed by atoms with Gasteiger partial charge in [0.05, 0.1) is 0 Å². The van der Waals surface area contributed by atoms with E-state index < -0.39 is 7.82 Å². The molecule has 0 bridgehead atoms. The molecular formula is H2NaO4PS-2. The molecule has 0 heterocycles. The molecule has 40 valence electrons. The second-order valence-electron chi connectivity index (χ2n) is 0.491. The van der Waals surface area contributed by atoms with Gasteiger partial charge in [-0.1, -0.05) is 0 Å². The molecule has 0 aromatic rings. The first kappa shape index (κ1) is 15.8. The van der Waals surface area contributed by atoms with Crippen molar-refractivity contribution in [3.63, 3.8) is 0 Å². The first-order valence-electron chi connectivity index (χ1n) is 0.765. The van der Waals surface area contributed by atoms with Crippen LogP contribution in [-0.2, 0) is 18.1 Å². The summed E-state index contributed by atoms with van der Waals surface area (Å²) in [4.78, 5) is 22.9. The zero-order chi connectivity index (χ0) is 4.50. The van der Waals surface area contributed by atoms with Gasteiger partial charge in [0, 0.05) is 0 Å². The predicted molar refractivity (Wildman–Crippen MR) is 19.4 cm³/mol. The summed E-state index contributed by atoms with van der Waals surface area (Å²) in [5.41, 5.74) is 0. The third kappa shape index (κ3) is 104. The average Bonchev–Trinajstić information content (AvgIpc) is 0.722. The quantitative estimate of drug-likeness (QED) is 0.270. The summed E-state index contributed by atoms with van der Waals surface area (Å²) in [7, 11) is -4.89. The number of rotatable bonds is 0. The van der Waals surface area contributed by atoms with Gasteiger partial charge >= 0.3 is 29.6 Å². The van der Waals surface area contributed by atoms with E-state index in [-0.39, 0.29) is 43.1 Å². The monoisotopic (exact) mass is 152 g/mol. The van der Waals surface area contributed by atoms with Crippen molar-refractivity contribution < 1.29 is 48.8 Å². The van der Waals surface area contributed by atoms with Crippen LogP contribution in [0, 0.1) is 0 Å². The van der Waals surface area contributed by atoms with Gasteiger partial charge < -0.3 is 28.2 Å². The molecule has 2 N–H and O–H groups in total. The van der Waals surface area contributed by atoms with E-state index in [0.717, 1.165) is 0 Å². The van der Waals surface area contributed by atoms with Crippen LogP contribution in [0.4, 0.5) is 0 Å². The van der Waals surface area contributed by atoms with Crippen LogP contribution in [0.3, 0.4) is 0 Å². The summed E-state index contributed by atoms with van der Waals surface area (Å²) in [5.74, 6) is 0. The van der Waals surface area contributed by atoms with Gasteiger partial charge in [-0.05, 0) is 0 Å². The Bertz CT molecular complexity index is 57.8. The van der Waals surface area contributed by atoms with Crippen LogP contribution >= 0.6 is 7.82 Å². The molecule has 7 heavy (non-hydrogen) atoms. The molecule has 0 aromatic carbocycles. The first-order chi connectivity index (χ1) is 2.00. The fourth-order valence-electron chi connectivity index (χ4n) is 0. The van der Waals surface area contributed by atoms with E-state index in [4.69, 9.17) is 19.2 Å². The van der Waals surface area contributed by atoms with Gasteiger partial charge in [0.15, 0.2) is 0 Å². The van der Waals surface area contributed by atoms with Crippen LogP contribution in [0.25, 0.3) is 0 Å². The Labute approximate surface area is 69.9 Å². The van der Waals surface area contributed by atoms with Crippen LogP contribution in [0.5, 0.6) is 0 Å². The fraction of sp³-hybridized carbons (Fsp3) is 0. The third-order valence-corrected chi connectivity index (χ3v) is 0. The fourth-order valence-corrected chi connectivity index (χ4v) is 0. The molecule has 0 aliphatic rings. The molecule has 0 rings (SSSR count). The second-order valence-corrected chi connectivity index (χ2v) is 1.47. The minimum absolute atomic E-state index is 0. The first-order valence-corrected chi connectivity index (χ1v) is 2.30. The van der Waals surface area contributed by atoms with Gasteiger partial charge in [-0.15, -0.1) is 0 Å². The molecule has 0 unspecified atom stereocenters. The summed E-state index contributed by atoms with van der Waals surface area (Å²) in [5, 5.41) is 0. The Morgan fingerprint density at radius 3 is 1.43 bits per heavy atom. The SMILES string of the molecule is O=P([O-])(O)O.[Na+].[S-2]. The molecule has 0 saturated heterocycles. The van der Waals surface area contributed by atoms with E-state index >= 15 is 0 Å². The largest absolute Gasteiger partial charge is 2.00 e. The Morgan fingerprint density at radius 2 is 1.43 bits per heavy atom. The van der Waals surface area contributed by atoms with Crippen molar-refractivity contribution in [2.75, 3.05) is 0 Å². The van der Waals surface area contributed by atoms with Gasteiger partial charge in [-0.3, -0.25) is 4.57 Å². The zero-order valence-corrected chi connectivity index (χ0v) is 7.28. The van der Waals surface area contributed by atoms with Crippen LogP contribution in [-0.4, -0.2) is 9.79 Å². The Hall–Kier alpha value is 1.46. The minimum Gasteiger partial charge on any atom is -2.00 e. The summed E-state index contributed by atoms with van der Waals surface area (Å²) in [6.07, 6.45) is 0. The van der Waals surface area contributed by atoms with Crippen molar-refractivity contribution in [3.05, 3.63) is 0 Å².